The molecule has 0 aliphatic carbocycles. The molecule has 0 aliphatic heterocycles. The average Bonchev–Trinajstić information content (AvgIpc) is 2.63. The van der Waals surface area contributed by atoms with Gasteiger partial charge in [-0.2, -0.15) is 0 Å². The van der Waals surface area contributed by atoms with Gasteiger partial charge in [0.1, 0.15) is 6.61 Å². The van der Waals surface area contributed by atoms with Gasteiger partial charge in [0.25, 0.3) is 0 Å². The second-order valence-electron chi connectivity index (χ2n) is 5.91. The predicted octanol–water partition coefficient (Wildman–Crippen LogP) is 5.75. The molecule has 1 aromatic heterocycles. The molecule has 1 heterocycles. The van der Waals surface area contributed by atoms with Crippen LogP contribution in [0.1, 0.15) is 16.8 Å². The molecule has 3 aromatic rings. The smallest absolute Gasteiger partial charge is 0.228 e. The molecule has 0 unspecified atom stereocenters. The van der Waals surface area contributed by atoms with Crippen LogP contribution in [-0.2, 0) is 6.61 Å². The first-order valence-corrected chi connectivity index (χ1v) is 9.01. The highest BCUT2D eigenvalue weighted by Gasteiger charge is 2.12. The molecule has 0 aliphatic rings. The summed E-state index contributed by atoms with van der Waals surface area (Å²) in [4.78, 5) is 4.66. The van der Waals surface area contributed by atoms with Crippen LogP contribution in [0.3, 0.4) is 0 Å². The Morgan fingerprint density at radius 3 is 2.52 bits per heavy atom. The zero-order valence-electron chi connectivity index (χ0n) is 14.6. The van der Waals surface area contributed by atoms with E-state index in [0.29, 0.717) is 12.5 Å². The minimum Gasteiger partial charge on any atom is -0.472 e. The monoisotopic (exact) mass is 396 g/mol. The van der Waals surface area contributed by atoms with Gasteiger partial charge in [-0.1, -0.05) is 42.5 Å². The fraction of sp³-hybridized carbons (Fsp3) is 0.190. The van der Waals surface area contributed by atoms with Gasteiger partial charge in [0.05, 0.1) is 4.47 Å². The van der Waals surface area contributed by atoms with Crippen molar-refractivity contribution >= 4 is 21.6 Å². The third-order valence-corrected chi connectivity index (χ3v) is 4.82. The molecule has 4 heteroatoms. The number of benzene rings is 2. The van der Waals surface area contributed by atoms with Crippen LogP contribution in [0.5, 0.6) is 5.88 Å². The van der Waals surface area contributed by atoms with Crippen molar-refractivity contribution in [3.63, 3.8) is 0 Å². The molecule has 0 bridgehead atoms. The first-order valence-electron chi connectivity index (χ1n) is 8.21. The summed E-state index contributed by atoms with van der Waals surface area (Å²) in [6, 6.07) is 18.5. The molecular weight excluding hydrogens is 376 g/mol. The molecule has 2 aromatic carbocycles. The van der Waals surface area contributed by atoms with Gasteiger partial charge in [-0.15, -0.1) is 0 Å². The molecular formula is C21H21BrN2O. The zero-order chi connectivity index (χ0) is 17.8. The SMILES string of the molecule is CNc1cccc(C)c1COc1nc(C)c(-c2ccccc2)cc1Br. The Morgan fingerprint density at radius 1 is 1.04 bits per heavy atom. The molecule has 0 saturated heterocycles. The largest absolute Gasteiger partial charge is 0.472 e. The highest BCUT2D eigenvalue weighted by atomic mass is 79.9. The van der Waals surface area contributed by atoms with Crippen LogP contribution in [0, 0.1) is 13.8 Å². The average molecular weight is 397 g/mol. The lowest BCUT2D eigenvalue weighted by Gasteiger charge is -2.15. The predicted molar refractivity (Wildman–Crippen MR) is 107 cm³/mol. The van der Waals surface area contributed by atoms with Crippen LogP contribution < -0.4 is 10.1 Å². The van der Waals surface area contributed by atoms with Crippen molar-refractivity contribution in [2.45, 2.75) is 20.5 Å². The van der Waals surface area contributed by atoms with Crippen LogP contribution in [0.25, 0.3) is 11.1 Å². The lowest BCUT2D eigenvalue weighted by molar-refractivity contribution is 0.291. The number of pyridine rings is 1. The van der Waals surface area contributed by atoms with Crippen LogP contribution >= 0.6 is 15.9 Å². The van der Waals surface area contributed by atoms with Gasteiger partial charge < -0.3 is 10.1 Å². The van der Waals surface area contributed by atoms with Gasteiger partial charge in [-0.25, -0.2) is 4.98 Å². The quantitative estimate of drug-likeness (QED) is 0.595. The van der Waals surface area contributed by atoms with Crippen LogP contribution in [0.15, 0.2) is 59.1 Å². The first-order chi connectivity index (χ1) is 12.1. The van der Waals surface area contributed by atoms with E-state index in [9.17, 15) is 0 Å². The Bertz CT molecular complexity index is 879. The van der Waals surface area contributed by atoms with E-state index in [-0.39, 0.29) is 0 Å². The van der Waals surface area contributed by atoms with Crippen molar-refractivity contribution in [2.24, 2.45) is 0 Å². The normalized spacial score (nSPS) is 10.6. The summed E-state index contributed by atoms with van der Waals surface area (Å²) in [5.74, 6) is 0.613. The fourth-order valence-electron chi connectivity index (χ4n) is 2.84. The van der Waals surface area contributed by atoms with Gasteiger partial charge in [-0.3, -0.25) is 0 Å². The van der Waals surface area contributed by atoms with Crippen LogP contribution in [0.2, 0.25) is 0 Å². The number of nitrogens with zero attached hydrogens (tertiary/aromatic N) is 1. The number of aromatic nitrogens is 1. The van der Waals surface area contributed by atoms with E-state index in [2.05, 4.69) is 63.5 Å². The Balaban J connectivity index is 1.86. The Labute approximate surface area is 157 Å². The summed E-state index contributed by atoms with van der Waals surface area (Å²) in [6.45, 7) is 4.57. The number of anilines is 1. The fourth-order valence-corrected chi connectivity index (χ4v) is 3.27. The van der Waals surface area contributed by atoms with E-state index in [4.69, 9.17) is 4.74 Å². The lowest BCUT2D eigenvalue weighted by Crippen LogP contribution is -2.05. The van der Waals surface area contributed by atoms with Gasteiger partial charge in [-0.05, 0) is 53.0 Å². The van der Waals surface area contributed by atoms with E-state index < -0.39 is 0 Å². The number of aryl methyl sites for hydroxylation is 2. The van der Waals surface area contributed by atoms with Gasteiger partial charge >= 0.3 is 0 Å². The summed E-state index contributed by atoms with van der Waals surface area (Å²) in [6.07, 6.45) is 0. The van der Waals surface area contributed by atoms with Gasteiger partial charge in [0, 0.05) is 29.6 Å². The van der Waals surface area contributed by atoms with Crippen molar-refractivity contribution < 1.29 is 4.74 Å². The summed E-state index contributed by atoms with van der Waals surface area (Å²) in [7, 11) is 1.92. The topological polar surface area (TPSA) is 34.1 Å². The van der Waals surface area contributed by atoms with E-state index >= 15 is 0 Å². The van der Waals surface area contributed by atoms with E-state index in [0.717, 1.165) is 32.5 Å². The number of halogens is 1. The van der Waals surface area contributed by atoms with Gasteiger partial charge in [0.2, 0.25) is 5.88 Å². The summed E-state index contributed by atoms with van der Waals surface area (Å²) in [5.41, 5.74) is 6.61. The van der Waals surface area contributed by atoms with E-state index in [1.54, 1.807) is 0 Å². The van der Waals surface area contributed by atoms with Gasteiger partial charge in [0.15, 0.2) is 0 Å². The number of ether oxygens (including phenoxy) is 1. The molecule has 0 spiro atoms. The molecule has 0 saturated carbocycles. The highest BCUT2D eigenvalue weighted by molar-refractivity contribution is 9.10. The molecule has 3 nitrogen and oxygen atoms in total. The molecule has 128 valence electrons. The Morgan fingerprint density at radius 2 is 1.80 bits per heavy atom. The van der Waals surface area contributed by atoms with Crippen LogP contribution in [-0.4, -0.2) is 12.0 Å². The molecule has 0 amide bonds. The second kappa shape index (κ2) is 7.70. The minimum atomic E-state index is 0.471. The van der Waals surface area contributed by atoms with Crippen LogP contribution in [0.4, 0.5) is 5.69 Å². The zero-order valence-corrected chi connectivity index (χ0v) is 16.2. The van der Waals surface area contributed by atoms with Crippen molar-refractivity contribution in [3.05, 3.63) is 75.9 Å². The summed E-state index contributed by atoms with van der Waals surface area (Å²) in [5, 5.41) is 3.22. The summed E-state index contributed by atoms with van der Waals surface area (Å²) < 4.78 is 6.88. The van der Waals surface area contributed by atoms with E-state index in [1.807, 2.05) is 38.2 Å². The number of hydrogen-bond acceptors (Lipinski definition) is 3. The molecule has 1 N–H and O–H groups in total. The van der Waals surface area contributed by atoms with Crippen molar-refractivity contribution in [3.8, 4) is 17.0 Å². The minimum absolute atomic E-state index is 0.471. The Kier molecular flexibility index (Phi) is 5.39. The second-order valence-corrected chi connectivity index (χ2v) is 6.77. The standard InChI is InChI=1S/C21H21BrN2O/c1-14-8-7-11-20(23-3)18(14)13-25-21-19(22)12-17(15(2)24-21)16-9-5-4-6-10-16/h4-12,23H,13H2,1-3H3. The molecule has 0 radical (unpaired) electrons. The first kappa shape index (κ1) is 17.5. The number of nitrogens with one attached hydrogen (secondary N) is 1. The third-order valence-electron chi connectivity index (χ3n) is 4.25. The molecule has 25 heavy (non-hydrogen) atoms. The number of rotatable bonds is 5. The summed E-state index contributed by atoms with van der Waals surface area (Å²) >= 11 is 3.60. The van der Waals surface area contributed by atoms with Crippen molar-refractivity contribution in [2.75, 3.05) is 12.4 Å². The Hall–Kier alpha value is -2.33. The lowest BCUT2D eigenvalue weighted by atomic mass is 10.0. The maximum Gasteiger partial charge on any atom is 0.228 e. The van der Waals surface area contributed by atoms with Crippen molar-refractivity contribution in [1.29, 1.82) is 0 Å². The highest BCUT2D eigenvalue weighted by Crippen LogP contribution is 2.32. The number of hydrogen-bond donors (Lipinski definition) is 1. The maximum absolute atomic E-state index is 6.02. The molecule has 0 fully saturated rings. The molecule has 0 atom stereocenters. The molecule has 3 rings (SSSR count). The third kappa shape index (κ3) is 3.85. The van der Waals surface area contributed by atoms with E-state index in [1.165, 1.54) is 5.56 Å². The van der Waals surface area contributed by atoms with Crippen molar-refractivity contribution in [1.82, 2.24) is 4.98 Å². The maximum atomic E-state index is 6.02.